The van der Waals surface area contributed by atoms with E-state index in [0.717, 1.165) is 11.1 Å². The van der Waals surface area contributed by atoms with Crippen molar-refractivity contribution in [2.75, 3.05) is 6.61 Å². The van der Waals surface area contributed by atoms with Crippen LogP contribution in [0, 0.1) is 6.92 Å². The molecule has 0 saturated heterocycles. The molecule has 0 amide bonds. The van der Waals surface area contributed by atoms with E-state index in [9.17, 15) is 14.4 Å². The number of benzene rings is 2. The first kappa shape index (κ1) is 21.2. The number of fused-ring (bicyclic) bond motifs is 1. The maximum atomic E-state index is 13.7. The molecule has 4 rings (SSSR count). The molecule has 0 atom stereocenters. The lowest BCUT2D eigenvalue weighted by molar-refractivity contribution is 0.0519. The number of carbonyl (C=O) groups excluding carboxylic acids is 3. The van der Waals surface area contributed by atoms with Crippen LogP contribution in [0.15, 0.2) is 72.9 Å². The Morgan fingerprint density at radius 3 is 2.22 bits per heavy atom. The minimum atomic E-state index is -0.527. The zero-order valence-corrected chi connectivity index (χ0v) is 18.2. The first-order valence-corrected chi connectivity index (χ1v) is 10.4. The molecule has 2 aromatic heterocycles. The number of hydrogen-bond acceptors (Lipinski definition) is 4. The average Bonchev–Trinajstić information content (AvgIpc) is 3.14. The lowest BCUT2D eigenvalue weighted by Gasteiger charge is -2.08. The van der Waals surface area contributed by atoms with Crippen LogP contribution in [0.1, 0.15) is 56.2 Å². The molecular formula is C27H23NO4. The summed E-state index contributed by atoms with van der Waals surface area (Å²) in [5, 5.41) is 0. The topological polar surface area (TPSA) is 64.9 Å². The van der Waals surface area contributed by atoms with Gasteiger partial charge in [0.05, 0.1) is 17.7 Å². The van der Waals surface area contributed by atoms with Gasteiger partial charge in [0.2, 0.25) is 0 Å². The first-order valence-electron chi connectivity index (χ1n) is 10.4. The molecule has 0 spiro atoms. The normalized spacial score (nSPS) is 10.8. The molecule has 4 aromatic rings. The van der Waals surface area contributed by atoms with Gasteiger partial charge in [-0.15, -0.1) is 0 Å². The molecule has 5 heteroatoms. The summed E-state index contributed by atoms with van der Waals surface area (Å²) >= 11 is 0. The van der Waals surface area contributed by atoms with E-state index in [-0.39, 0.29) is 23.9 Å². The fourth-order valence-corrected chi connectivity index (χ4v) is 3.84. The number of hydrogen-bond donors (Lipinski definition) is 0. The van der Waals surface area contributed by atoms with Gasteiger partial charge in [-0.25, -0.2) is 4.79 Å². The van der Waals surface area contributed by atoms with Gasteiger partial charge in [0.15, 0.2) is 11.6 Å². The van der Waals surface area contributed by atoms with Crippen LogP contribution in [-0.2, 0) is 4.74 Å². The third-order valence-electron chi connectivity index (χ3n) is 5.42. The Kier molecular flexibility index (Phi) is 5.73. The van der Waals surface area contributed by atoms with Crippen LogP contribution >= 0.6 is 0 Å². The fourth-order valence-electron chi connectivity index (χ4n) is 3.84. The van der Waals surface area contributed by atoms with Crippen molar-refractivity contribution in [3.05, 3.63) is 101 Å². The maximum absolute atomic E-state index is 13.7. The number of aromatic nitrogens is 1. The van der Waals surface area contributed by atoms with Crippen molar-refractivity contribution >= 4 is 23.1 Å². The zero-order valence-electron chi connectivity index (χ0n) is 18.2. The van der Waals surface area contributed by atoms with Gasteiger partial charge in [0, 0.05) is 22.9 Å². The molecule has 0 saturated carbocycles. The highest BCUT2D eigenvalue weighted by molar-refractivity contribution is 6.20. The third-order valence-corrected chi connectivity index (χ3v) is 5.42. The van der Waals surface area contributed by atoms with Crippen LogP contribution in [-0.4, -0.2) is 28.5 Å². The van der Waals surface area contributed by atoms with Crippen LogP contribution in [0.5, 0.6) is 0 Å². The number of ether oxygens (including phenoxy) is 1. The Morgan fingerprint density at radius 2 is 1.59 bits per heavy atom. The number of aryl methyl sites for hydroxylation is 1. The molecule has 2 aromatic carbocycles. The molecule has 0 aliphatic carbocycles. The van der Waals surface area contributed by atoms with Crippen molar-refractivity contribution in [2.24, 2.45) is 0 Å². The summed E-state index contributed by atoms with van der Waals surface area (Å²) in [4.78, 5) is 38.9. The standard InChI is InChI=1S/C27H23NO4/c1-4-32-27(31)25-23(19-12-10-17(2)11-13-19)24(26(30)20-8-6-5-7-9-20)22-16-21(18(3)29)14-15-28(22)25/h5-16H,4H2,1-3H3. The van der Waals surface area contributed by atoms with E-state index < -0.39 is 5.97 Å². The molecule has 32 heavy (non-hydrogen) atoms. The number of esters is 1. The number of rotatable bonds is 6. The number of carbonyl (C=O) groups is 3. The Labute approximate surface area is 186 Å². The third kappa shape index (κ3) is 3.73. The molecule has 0 fully saturated rings. The molecule has 0 bridgehead atoms. The number of ketones is 2. The van der Waals surface area contributed by atoms with Crippen LogP contribution in [0.3, 0.4) is 0 Å². The molecule has 2 heterocycles. The minimum absolute atomic E-state index is 0.124. The van der Waals surface area contributed by atoms with Gasteiger partial charge in [-0.2, -0.15) is 0 Å². The zero-order chi connectivity index (χ0) is 22.8. The van der Waals surface area contributed by atoms with Gasteiger partial charge in [-0.05, 0) is 38.5 Å². The van der Waals surface area contributed by atoms with E-state index in [1.54, 1.807) is 53.9 Å². The van der Waals surface area contributed by atoms with Gasteiger partial charge >= 0.3 is 5.97 Å². The van der Waals surface area contributed by atoms with Gasteiger partial charge < -0.3 is 9.14 Å². The molecule has 0 unspecified atom stereocenters. The molecule has 0 radical (unpaired) electrons. The minimum Gasteiger partial charge on any atom is -0.461 e. The first-order chi connectivity index (χ1) is 15.4. The monoisotopic (exact) mass is 425 g/mol. The molecular weight excluding hydrogens is 402 g/mol. The number of pyridine rings is 1. The summed E-state index contributed by atoms with van der Waals surface area (Å²) in [5.41, 5.74) is 4.37. The summed E-state index contributed by atoms with van der Waals surface area (Å²) in [5.74, 6) is -0.878. The average molecular weight is 425 g/mol. The van der Waals surface area contributed by atoms with E-state index in [0.29, 0.717) is 27.8 Å². The molecule has 5 nitrogen and oxygen atoms in total. The SMILES string of the molecule is CCOC(=O)c1c(-c2ccc(C)cc2)c(C(=O)c2ccccc2)c2cc(C(C)=O)ccn12. The van der Waals surface area contributed by atoms with Gasteiger partial charge in [-0.1, -0.05) is 60.2 Å². The van der Waals surface area contributed by atoms with Crippen molar-refractivity contribution in [1.29, 1.82) is 0 Å². The van der Waals surface area contributed by atoms with Gasteiger partial charge in [0.1, 0.15) is 5.69 Å². The molecule has 0 N–H and O–H groups in total. The van der Waals surface area contributed by atoms with E-state index in [1.807, 2.05) is 37.3 Å². The van der Waals surface area contributed by atoms with Crippen molar-refractivity contribution in [3.63, 3.8) is 0 Å². The Morgan fingerprint density at radius 1 is 0.906 bits per heavy atom. The van der Waals surface area contributed by atoms with Crippen molar-refractivity contribution in [1.82, 2.24) is 4.40 Å². The highest BCUT2D eigenvalue weighted by atomic mass is 16.5. The Balaban J connectivity index is 2.13. The molecule has 0 aliphatic rings. The van der Waals surface area contributed by atoms with E-state index in [4.69, 9.17) is 4.74 Å². The second kappa shape index (κ2) is 8.63. The smallest absolute Gasteiger partial charge is 0.355 e. The highest BCUT2D eigenvalue weighted by Crippen LogP contribution is 2.36. The second-order valence-corrected chi connectivity index (χ2v) is 7.61. The fraction of sp³-hybridized carbons (Fsp3) is 0.148. The Bertz CT molecular complexity index is 1330. The Hall–Kier alpha value is -3.99. The van der Waals surface area contributed by atoms with Gasteiger partial charge in [-0.3, -0.25) is 9.59 Å². The second-order valence-electron chi connectivity index (χ2n) is 7.61. The largest absolute Gasteiger partial charge is 0.461 e. The van der Waals surface area contributed by atoms with Crippen molar-refractivity contribution in [2.45, 2.75) is 20.8 Å². The highest BCUT2D eigenvalue weighted by Gasteiger charge is 2.29. The van der Waals surface area contributed by atoms with Gasteiger partial charge in [0.25, 0.3) is 0 Å². The summed E-state index contributed by atoms with van der Waals surface area (Å²) in [6.07, 6.45) is 1.65. The van der Waals surface area contributed by atoms with Crippen molar-refractivity contribution < 1.29 is 19.1 Å². The van der Waals surface area contributed by atoms with Crippen LogP contribution in [0.25, 0.3) is 16.6 Å². The summed E-state index contributed by atoms with van der Waals surface area (Å²) in [7, 11) is 0. The molecule has 0 aliphatic heterocycles. The number of Topliss-reactive ketones (excluding diaryl/α,β-unsaturated/α-hetero) is 1. The van der Waals surface area contributed by atoms with Crippen LogP contribution < -0.4 is 0 Å². The summed E-state index contributed by atoms with van der Waals surface area (Å²) < 4.78 is 7.01. The quantitative estimate of drug-likeness (QED) is 0.301. The predicted molar refractivity (Wildman–Crippen MR) is 123 cm³/mol. The van der Waals surface area contributed by atoms with Crippen molar-refractivity contribution in [3.8, 4) is 11.1 Å². The summed E-state index contributed by atoms with van der Waals surface area (Å²) in [6.45, 7) is 5.39. The van der Waals surface area contributed by atoms with E-state index in [1.165, 1.54) is 6.92 Å². The van der Waals surface area contributed by atoms with E-state index in [2.05, 4.69) is 0 Å². The lowest BCUT2D eigenvalue weighted by Crippen LogP contribution is -2.10. The maximum Gasteiger partial charge on any atom is 0.355 e. The molecule has 160 valence electrons. The van der Waals surface area contributed by atoms with Crippen LogP contribution in [0.4, 0.5) is 0 Å². The lowest BCUT2D eigenvalue weighted by atomic mass is 9.94. The van der Waals surface area contributed by atoms with Crippen LogP contribution in [0.2, 0.25) is 0 Å². The number of nitrogens with zero attached hydrogens (tertiary/aromatic N) is 1. The predicted octanol–water partition coefficient (Wildman–Crippen LogP) is 5.53. The summed E-state index contributed by atoms with van der Waals surface area (Å²) in [6, 6.07) is 19.9. The van der Waals surface area contributed by atoms with E-state index >= 15 is 0 Å².